The molecule has 4 aromatic rings. The summed E-state index contributed by atoms with van der Waals surface area (Å²) in [7, 11) is 1.57. The number of carbonyl (C=O) groups excluding carboxylic acids is 1. The van der Waals surface area contributed by atoms with E-state index in [2.05, 4.69) is 30.2 Å². The maximum absolute atomic E-state index is 13.0. The molecule has 0 saturated heterocycles. The van der Waals surface area contributed by atoms with Gasteiger partial charge in [0.15, 0.2) is 5.13 Å². The van der Waals surface area contributed by atoms with Crippen LogP contribution < -0.4 is 10.1 Å². The number of fused-ring (bicyclic) bond motifs is 1. The Kier molecular flexibility index (Phi) is 5.08. The van der Waals surface area contributed by atoms with Crippen molar-refractivity contribution in [2.45, 2.75) is 13.8 Å². The average molecular weight is 427 g/mol. The van der Waals surface area contributed by atoms with Crippen molar-refractivity contribution in [1.29, 1.82) is 0 Å². The number of aromatic nitrogens is 5. The standard InChI is InChI=1S/C19H15ClN6O2S/c1-9-4-11(12-5-10(2)22-8-15(12)28-3)13(6-21-9)16(27)25-19-24-14-7-23-18(20)26-17(14)29-19/h4-8H,1-3H3,(H,24,25,27). The van der Waals surface area contributed by atoms with Gasteiger partial charge < -0.3 is 4.74 Å². The lowest BCUT2D eigenvalue weighted by Gasteiger charge is -2.13. The number of methoxy groups -OCH3 is 1. The van der Waals surface area contributed by atoms with E-state index in [1.807, 2.05) is 26.0 Å². The van der Waals surface area contributed by atoms with Crippen LogP contribution in [0.2, 0.25) is 5.28 Å². The summed E-state index contributed by atoms with van der Waals surface area (Å²) in [5.41, 5.74) is 3.99. The molecule has 146 valence electrons. The number of aryl methyl sites for hydroxylation is 2. The van der Waals surface area contributed by atoms with Crippen molar-refractivity contribution in [2.75, 3.05) is 12.4 Å². The second kappa shape index (κ2) is 7.69. The van der Waals surface area contributed by atoms with Crippen LogP contribution >= 0.6 is 22.9 Å². The molecule has 0 aliphatic heterocycles. The van der Waals surface area contributed by atoms with E-state index in [4.69, 9.17) is 16.3 Å². The molecule has 0 fully saturated rings. The molecule has 1 N–H and O–H groups in total. The molecule has 29 heavy (non-hydrogen) atoms. The highest BCUT2D eigenvalue weighted by Crippen LogP contribution is 2.33. The van der Waals surface area contributed by atoms with E-state index in [0.29, 0.717) is 32.4 Å². The minimum atomic E-state index is -0.345. The molecule has 0 bridgehead atoms. The van der Waals surface area contributed by atoms with Gasteiger partial charge in [0.1, 0.15) is 16.1 Å². The number of rotatable bonds is 4. The van der Waals surface area contributed by atoms with Gasteiger partial charge in [-0.25, -0.2) is 15.0 Å². The van der Waals surface area contributed by atoms with Crippen LogP contribution in [0, 0.1) is 13.8 Å². The molecule has 0 unspecified atom stereocenters. The zero-order valence-corrected chi connectivity index (χ0v) is 17.3. The largest absolute Gasteiger partial charge is 0.494 e. The summed E-state index contributed by atoms with van der Waals surface area (Å²) < 4.78 is 5.45. The molecule has 1 amide bonds. The zero-order valence-electron chi connectivity index (χ0n) is 15.7. The Bertz CT molecular complexity index is 1240. The van der Waals surface area contributed by atoms with Gasteiger partial charge in [0.2, 0.25) is 5.28 Å². The van der Waals surface area contributed by atoms with Crippen molar-refractivity contribution in [3.05, 3.63) is 53.0 Å². The first-order valence-corrected chi connectivity index (χ1v) is 9.72. The van der Waals surface area contributed by atoms with Crippen LogP contribution in [0.5, 0.6) is 5.75 Å². The topological polar surface area (TPSA) is 103 Å². The van der Waals surface area contributed by atoms with E-state index in [1.54, 1.807) is 19.5 Å². The minimum absolute atomic E-state index is 0.129. The molecule has 0 radical (unpaired) electrons. The summed E-state index contributed by atoms with van der Waals surface area (Å²) in [4.78, 5) is 34.5. The Labute approximate surface area is 175 Å². The summed E-state index contributed by atoms with van der Waals surface area (Å²) in [6, 6.07) is 3.72. The van der Waals surface area contributed by atoms with E-state index < -0.39 is 0 Å². The fraction of sp³-hybridized carbons (Fsp3) is 0.158. The highest BCUT2D eigenvalue weighted by atomic mass is 35.5. The Morgan fingerprint density at radius 2 is 1.76 bits per heavy atom. The Morgan fingerprint density at radius 3 is 2.52 bits per heavy atom. The van der Waals surface area contributed by atoms with Gasteiger partial charge in [-0.15, -0.1) is 0 Å². The Balaban J connectivity index is 1.75. The van der Waals surface area contributed by atoms with Crippen molar-refractivity contribution in [3.63, 3.8) is 0 Å². The third-order valence-electron chi connectivity index (χ3n) is 4.14. The number of anilines is 1. The van der Waals surface area contributed by atoms with Crippen LogP contribution in [0.25, 0.3) is 21.5 Å². The van der Waals surface area contributed by atoms with Crippen LogP contribution in [-0.2, 0) is 0 Å². The number of thiazole rings is 1. The van der Waals surface area contributed by atoms with Gasteiger partial charge in [-0.2, -0.15) is 0 Å². The molecular formula is C19H15ClN6O2S. The number of hydrogen-bond acceptors (Lipinski definition) is 8. The van der Waals surface area contributed by atoms with Gasteiger partial charge in [0, 0.05) is 28.7 Å². The second-order valence-corrected chi connectivity index (χ2v) is 7.52. The van der Waals surface area contributed by atoms with Crippen molar-refractivity contribution in [3.8, 4) is 16.9 Å². The molecule has 0 aromatic carbocycles. The van der Waals surface area contributed by atoms with Crippen LogP contribution in [0.15, 0.2) is 30.7 Å². The molecule has 4 rings (SSSR count). The number of amides is 1. The number of ether oxygens (including phenoxy) is 1. The lowest BCUT2D eigenvalue weighted by molar-refractivity contribution is 0.102. The van der Waals surface area contributed by atoms with E-state index in [9.17, 15) is 4.79 Å². The molecule has 8 nitrogen and oxygen atoms in total. The monoisotopic (exact) mass is 426 g/mol. The highest BCUT2D eigenvalue weighted by Gasteiger charge is 2.19. The summed E-state index contributed by atoms with van der Waals surface area (Å²) in [6.07, 6.45) is 4.69. The normalized spacial score (nSPS) is 10.9. The van der Waals surface area contributed by atoms with Gasteiger partial charge in [-0.3, -0.25) is 20.1 Å². The smallest absolute Gasteiger partial charge is 0.259 e. The van der Waals surface area contributed by atoms with Crippen LogP contribution in [0.1, 0.15) is 21.7 Å². The first-order valence-electron chi connectivity index (χ1n) is 8.52. The van der Waals surface area contributed by atoms with Crippen molar-refractivity contribution in [1.82, 2.24) is 24.9 Å². The fourth-order valence-corrected chi connectivity index (χ4v) is 3.81. The Hall–Kier alpha value is -3.17. The maximum Gasteiger partial charge on any atom is 0.259 e. The summed E-state index contributed by atoms with van der Waals surface area (Å²) >= 11 is 7.03. The number of carbonyl (C=O) groups is 1. The van der Waals surface area contributed by atoms with Crippen LogP contribution in [-0.4, -0.2) is 37.9 Å². The lowest BCUT2D eigenvalue weighted by atomic mass is 9.99. The van der Waals surface area contributed by atoms with Gasteiger partial charge >= 0.3 is 0 Å². The van der Waals surface area contributed by atoms with Crippen molar-refractivity contribution >= 4 is 44.3 Å². The average Bonchev–Trinajstić information content (AvgIpc) is 3.09. The maximum atomic E-state index is 13.0. The van der Waals surface area contributed by atoms with E-state index >= 15 is 0 Å². The Morgan fingerprint density at radius 1 is 1.03 bits per heavy atom. The first kappa shape index (κ1) is 19.2. The van der Waals surface area contributed by atoms with Gasteiger partial charge in [-0.05, 0) is 37.6 Å². The number of halogens is 1. The molecule has 0 spiro atoms. The van der Waals surface area contributed by atoms with Crippen LogP contribution in [0.4, 0.5) is 5.13 Å². The first-order chi connectivity index (χ1) is 13.9. The number of nitrogens with one attached hydrogen (secondary N) is 1. The number of pyridine rings is 2. The predicted molar refractivity (Wildman–Crippen MR) is 112 cm³/mol. The second-order valence-electron chi connectivity index (χ2n) is 6.20. The third-order valence-corrected chi connectivity index (χ3v) is 5.20. The molecule has 0 atom stereocenters. The minimum Gasteiger partial charge on any atom is -0.494 e. The zero-order chi connectivity index (χ0) is 20.5. The molecule has 0 aliphatic rings. The molecule has 0 saturated carbocycles. The highest BCUT2D eigenvalue weighted by molar-refractivity contribution is 7.22. The quantitative estimate of drug-likeness (QED) is 0.490. The SMILES string of the molecule is COc1cnc(C)cc1-c1cc(C)ncc1C(=O)Nc1nc2cnc(Cl)nc2s1. The molecule has 10 heteroatoms. The lowest BCUT2D eigenvalue weighted by Crippen LogP contribution is -2.14. The summed E-state index contributed by atoms with van der Waals surface area (Å²) in [5.74, 6) is 0.224. The van der Waals surface area contributed by atoms with E-state index in [0.717, 1.165) is 17.0 Å². The molecule has 4 aromatic heterocycles. The fourth-order valence-electron chi connectivity index (χ4n) is 2.82. The molecule has 0 aliphatic carbocycles. The summed E-state index contributed by atoms with van der Waals surface area (Å²) in [5, 5.41) is 3.33. The molecule has 4 heterocycles. The van der Waals surface area contributed by atoms with Crippen LogP contribution in [0.3, 0.4) is 0 Å². The molecular weight excluding hydrogens is 412 g/mol. The van der Waals surface area contributed by atoms with Crippen molar-refractivity contribution < 1.29 is 9.53 Å². The number of hydrogen-bond donors (Lipinski definition) is 1. The van der Waals surface area contributed by atoms with E-state index in [-0.39, 0.29) is 11.2 Å². The van der Waals surface area contributed by atoms with Gasteiger partial charge in [0.25, 0.3) is 5.91 Å². The predicted octanol–water partition coefficient (Wildman–Crippen LogP) is 4.07. The van der Waals surface area contributed by atoms with Crippen molar-refractivity contribution in [2.24, 2.45) is 0 Å². The summed E-state index contributed by atoms with van der Waals surface area (Å²) in [6.45, 7) is 3.74. The van der Waals surface area contributed by atoms with Gasteiger partial charge in [0.05, 0.1) is 25.1 Å². The number of nitrogens with zero attached hydrogens (tertiary/aromatic N) is 5. The van der Waals surface area contributed by atoms with Gasteiger partial charge in [-0.1, -0.05) is 11.3 Å². The van der Waals surface area contributed by atoms with E-state index in [1.165, 1.54) is 17.5 Å². The third kappa shape index (κ3) is 3.87.